The molecule has 5 rings (SSSR count). The molecule has 1 fully saturated rings. The predicted octanol–water partition coefficient (Wildman–Crippen LogP) is 3.90. The molecule has 6 heteroatoms. The number of aromatic nitrogens is 3. The molecule has 158 valence electrons. The Morgan fingerprint density at radius 2 is 1.77 bits per heavy atom. The summed E-state index contributed by atoms with van der Waals surface area (Å²) < 4.78 is 3.74. The van der Waals surface area contributed by atoms with Crippen LogP contribution in [0.15, 0.2) is 77.9 Å². The Kier molecular flexibility index (Phi) is 5.54. The van der Waals surface area contributed by atoms with Crippen molar-refractivity contribution in [3.05, 3.63) is 89.0 Å². The number of rotatable bonds is 7. The molecule has 3 heterocycles. The molecular formula is C25H27N5O. The first-order chi connectivity index (χ1) is 15.3. The third-order valence-electron chi connectivity index (χ3n) is 5.99. The van der Waals surface area contributed by atoms with Crippen molar-refractivity contribution in [3.63, 3.8) is 0 Å². The van der Waals surface area contributed by atoms with Crippen molar-refractivity contribution < 1.29 is 0 Å². The average molecular weight is 414 g/mol. The van der Waals surface area contributed by atoms with Gasteiger partial charge in [0.05, 0.1) is 18.3 Å². The van der Waals surface area contributed by atoms with Gasteiger partial charge in [-0.15, -0.1) is 0 Å². The van der Waals surface area contributed by atoms with E-state index in [9.17, 15) is 4.79 Å². The number of anilines is 1. The normalized spacial score (nSPS) is 14.3. The Bertz CT molecular complexity index is 1220. The summed E-state index contributed by atoms with van der Waals surface area (Å²) in [6, 6.07) is 19.8. The van der Waals surface area contributed by atoms with Crippen LogP contribution >= 0.6 is 0 Å². The fourth-order valence-corrected chi connectivity index (χ4v) is 4.25. The molecular weight excluding hydrogens is 386 g/mol. The second-order valence-corrected chi connectivity index (χ2v) is 8.12. The molecule has 0 spiro atoms. The van der Waals surface area contributed by atoms with Crippen LogP contribution in [0.5, 0.6) is 0 Å². The minimum atomic E-state index is -0.0566. The molecule has 0 unspecified atom stereocenters. The van der Waals surface area contributed by atoms with Gasteiger partial charge in [-0.1, -0.05) is 30.3 Å². The molecule has 1 saturated heterocycles. The number of hydrogen-bond acceptors (Lipinski definition) is 4. The summed E-state index contributed by atoms with van der Waals surface area (Å²) >= 11 is 0. The lowest BCUT2D eigenvalue weighted by molar-refractivity contribution is 0.318. The summed E-state index contributed by atoms with van der Waals surface area (Å²) in [6.45, 7) is 5.01. The molecule has 1 aliphatic heterocycles. The van der Waals surface area contributed by atoms with E-state index in [1.54, 1.807) is 10.6 Å². The summed E-state index contributed by atoms with van der Waals surface area (Å²) in [5.41, 5.74) is 3.90. The minimum Gasteiger partial charge on any atom is -0.381 e. The molecule has 0 amide bonds. The van der Waals surface area contributed by atoms with Crippen LogP contribution < -0.4 is 10.9 Å². The van der Waals surface area contributed by atoms with Gasteiger partial charge in [0, 0.05) is 42.1 Å². The Morgan fingerprint density at radius 3 is 2.58 bits per heavy atom. The van der Waals surface area contributed by atoms with Gasteiger partial charge in [-0.3, -0.25) is 14.0 Å². The Labute approximate surface area is 181 Å². The topological polar surface area (TPSA) is 55.1 Å². The lowest BCUT2D eigenvalue weighted by atomic mass is 10.2. The number of pyridine rings is 1. The zero-order valence-electron chi connectivity index (χ0n) is 17.6. The molecule has 31 heavy (non-hydrogen) atoms. The van der Waals surface area contributed by atoms with Crippen molar-refractivity contribution in [2.45, 2.75) is 25.9 Å². The summed E-state index contributed by atoms with van der Waals surface area (Å²) in [7, 11) is 0. The Balaban J connectivity index is 1.31. The molecule has 2 aromatic heterocycles. The van der Waals surface area contributed by atoms with Crippen molar-refractivity contribution in [1.82, 2.24) is 19.2 Å². The van der Waals surface area contributed by atoms with Gasteiger partial charge in [-0.05, 0) is 55.8 Å². The van der Waals surface area contributed by atoms with Crippen LogP contribution in [-0.2, 0) is 13.1 Å². The predicted molar refractivity (Wildman–Crippen MR) is 125 cm³/mol. The molecule has 0 radical (unpaired) electrons. The van der Waals surface area contributed by atoms with Gasteiger partial charge >= 0.3 is 0 Å². The number of nitrogens with zero attached hydrogens (tertiary/aromatic N) is 4. The van der Waals surface area contributed by atoms with E-state index < -0.39 is 0 Å². The van der Waals surface area contributed by atoms with Crippen molar-refractivity contribution in [2.75, 3.05) is 25.0 Å². The number of likely N-dealkylation sites (tertiary alicyclic amines) is 1. The summed E-state index contributed by atoms with van der Waals surface area (Å²) in [4.78, 5) is 15.2. The first kappa shape index (κ1) is 19.6. The molecule has 0 atom stereocenters. The van der Waals surface area contributed by atoms with Crippen LogP contribution in [0.1, 0.15) is 18.4 Å². The fraction of sp³-hybridized carbons (Fsp3) is 0.280. The second kappa shape index (κ2) is 8.78. The van der Waals surface area contributed by atoms with E-state index >= 15 is 0 Å². The summed E-state index contributed by atoms with van der Waals surface area (Å²) in [5.74, 6) is 0. The maximum atomic E-state index is 12.7. The van der Waals surface area contributed by atoms with E-state index in [2.05, 4.69) is 38.2 Å². The van der Waals surface area contributed by atoms with Crippen LogP contribution in [0.4, 0.5) is 5.69 Å². The van der Waals surface area contributed by atoms with Crippen LogP contribution in [-0.4, -0.2) is 38.9 Å². The number of nitrogens with one attached hydrogen (secondary N) is 1. The van der Waals surface area contributed by atoms with Crippen LogP contribution in [0.3, 0.4) is 0 Å². The average Bonchev–Trinajstić information content (AvgIpc) is 3.46. The van der Waals surface area contributed by atoms with Gasteiger partial charge < -0.3 is 10.2 Å². The maximum Gasteiger partial charge on any atom is 0.257 e. The van der Waals surface area contributed by atoms with Gasteiger partial charge in [-0.2, -0.15) is 5.10 Å². The monoisotopic (exact) mass is 413 g/mol. The standard InChI is InChI=1S/C25H27N5O/c31-25-17-22(26-18-20-6-2-1-3-7-20)10-13-29(25)23-8-9-24-21(16-23)19-27-30(24)15-14-28-11-4-5-12-28/h1-3,6-10,13,16-17,19,26H,4-5,11-12,14-15,18H2. The van der Waals surface area contributed by atoms with Crippen molar-refractivity contribution in [3.8, 4) is 5.69 Å². The lowest BCUT2D eigenvalue weighted by Crippen LogP contribution is -2.24. The number of fused-ring (bicyclic) bond motifs is 1. The highest BCUT2D eigenvalue weighted by molar-refractivity contribution is 5.81. The zero-order valence-corrected chi connectivity index (χ0v) is 17.6. The maximum absolute atomic E-state index is 12.7. The van der Waals surface area contributed by atoms with Crippen molar-refractivity contribution >= 4 is 16.6 Å². The molecule has 0 bridgehead atoms. The Morgan fingerprint density at radius 1 is 0.935 bits per heavy atom. The highest BCUT2D eigenvalue weighted by Crippen LogP contribution is 2.19. The molecule has 1 N–H and O–H groups in total. The van der Waals surface area contributed by atoms with Crippen molar-refractivity contribution in [2.24, 2.45) is 0 Å². The highest BCUT2D eigenvalue weighted by Gasteiger charge is 2.12. The first-order valence-electron chi connectivity index (χ1n) is 11.0. The molecule has 6 nitrogen and oxygen atoms in total. The smallest absolute Gasteiger partial charge is 0.257 e. The molecule has 1 aliphatic rings. The van der Waals surface area contributed by atoms with Gasteiger partial charge in [0.15, 0.2) is 0 Å². The van der Waals surface area contributed by atoms with Gasteiger partial charge in [0.2, 0.25) is 0 Å². The van der Waals surface area contributed by atoms with Crippen LogP contribution in [0.25, 0.3) is 16.6 Å². The minimum absolute atomic E-state index is 0.0566. The second-order valence-electron chi connectivity index (χ2n) is 8.12. The highest BCUT2D eigenvalue weighted by atomic mass is 16.1. The SMILES string of the molecule is O=c1cc(NCc2ccccc2)ccn1-c1ccc2c(cnn2CCN2CCCC2)c1. The summed E-state index contributed by atoms with van der Waals surface area (Å²) in [5, 5.41) is 8.95. The van der Waals surface area contributed by atoms with Crippen molar-refractivity contribution in [1.29, 1.82) is 0 Å². The van der Waals surface area contributed by atoms with E-state index in [1.165, 1.54) is 31.5 Å². The number of benzene rings is 2. The number of hydrogen-bond donors (Lipinski definition) is 1. The van der Waals surface area contributed by atoms with Crippen LogP contribution in [0.2, 0.25) is 0 Å². The molecule has 0 saturated carbocycles. The lowest BCUT2D eigenvalue weighted by Gasteiger charge is -2.14. The largest absolute Gasteiger partial charge is 0.381 e. The first-order valence-corrected chi connectivity index (χ1v) is 11.0. The third kappa shape index (κ3) is 4.39. The fourth-order valence-electron chi connectivity index (χ4n) is 4.25. The van der Waals surface area contributed by atoms with E-state index in [4.69, 9.17) is 0 Å². The van der Waals surface area contributed by atoms with Gasteiger partial charge in [0.25, 0.3) is 5.56 Å². The van der Waals surface area contributed by atoms with E-state index in [1.807, 2.05) is 48.8 Å². The van der Waals surface area contributed by atoms with Gasteiger partial charge in [-0.25, -0.2) is 0 Å². The van der Waals surface area contributed by atoms with E-state index in [-0.39, 0.29) is 5.56 Å². The quantitative estimate of drug-likeness (QED) is 0.499. The van der Waals surface area contributed by atoms with Crippen LogP contribution in [0, 0.1) is 0 Å². The third-order valence-corrected chi connectivity index (χ3v) is 5.99. The zero-order chi connectivity index (χ0) is 21.0. The van der Waals surface area contributed by atoms with E-state index in [0.29, 0.717) is 6.54 Å². The molecule has 0 aliphatic carbocycles. The Hall–Kier alpha value is -3.38. The van der Waals surface area contributed by atoms with E-state index in [0.717, 1.165) is 35.4 Å². The summed E-state index contributed by atoms with van der Waals surface area (Å²) in [6.07, 6.45) is 6.33. The van der Waals surface area contributed by atoms with Gasteiger partial charge in [0.1, 0.15) is 0 Å². The molecule has 2 aromatic carbocycles. The molecule has 4 aromatic rings.